The standard InChI is InChI=1S/C38H28O5Si/c39-31-19-11-27(12-20-31)28-13-21-32(22-14-28)43-38(42)30-17-25-36(26-18-30)44(33-7-3-1-4-8-33,34-9-5-2-6-10-34)35-23-15-29(16-24-35)37(40)41/h1-26,39H,(H,40,41). The number of aromatic hydroxyl groups is 1. The topological polar surface area (TPSA) is 83.8 Å². The minimum absolute atomic E-state index is 0.203. The van der Waals surface area contributed by atoms with E-state index in [4.69, 9.17) is 4.74 Å². The van der Waals surface area contributed by atoms with Gasteiger partial charge in [-0.15, -0.1) is 0 Å². The van der Waals surface area contributed by atoms with Crippen molar-refractivity contribution in [1.29, 1.82) is 0 Å². The third-order valence-corrected chi connectivity index (χ3v) is 12.6. The molecule has 0 aliphatic heterocycles. The van der Waals surface area contributed by atoms with Crippen LogP contribution in [0, 0.1) is 0 Å². The summed E-state index contributed by atoms with van der Waals surface area (Å²) in [5.74, 6) is -0.807. The minimum Gasteiger partial charge on any atom is -0.508 e. The van der Waals surface area contributed by atoms with Crippen LogP contribution in [0.5, 0.6) is 11.5 Å². The van der Waals surface area contributed by atoms with E-state index in [0.29, 0.717) is 11.3 Å². The molecule has 0 aliphatic carbocycles. The maximum Gasteiger partial charge on any atom is 0.343 e. The van der Waals surface area contributed by atoms with Crippen LogP contribution in [0.1, 0.15) is 20.7 Å². The molecule has 214 valence electrons. The fourth-order valence-corrected chi connectivity index (χ4v) is 10.3. The van der Waals surface area contributed by atoms with Gasteiger partial charge in [0.15, 0.2) is 8.07 Å². The van der Waals surface area contributed by atoms with Crippen LogP contribution >= 0.6 is 0 Å². The zero-order chi connectivity index (χ0) is 30.5. The van der Waals surface area contributed by atoms with E-state index in [-0.39, 0.29) is 11.3 Å². The molecule has 6 heteroatoms. The Bertz CT molecular complexity index is 1850. The Balaban J connectivity index is 1.36. The molecule has 0 saturated carbocycles. The molecular weight excluding hydrogens is 564 g/mol. The van der Waals surface area contributed by atoms with E-state index in [1.54, 1.807) is 48.5 Å². The van der Waals surface area contributed by atoms with Crippen LogP contribution in [0.2, 0.25) is 0 Å². The van der Waals surface area contributed by atoms with Crippen molar-refractivity contribution in [3.8, 4) is 22.6 Å². The first-order chi connectivity index (χ1) is 21.4. The van der Waals surface area contributed by atoms with Crippen LogP contribution in [0.3, 0.4) is 0 Å². The number of carbonyl (C=O) groups is 2. The van der Waals surface area contributed by atoms with E-state index in [1.165, 1.54) is 0 Å². The molecule has 0 heterocycles. The minimum atomic E-state index is -2.89. The molecule has 0 amide bonds. The van der Waals surface area contributed by atoms with Gasteiger partial charge in [-0.05, 0) is 80.4 Å². The molecular formula is C38H28O5Si. The summed E-state index contributed by atoms with van der Waals surface area (Å²) in [6.45, 7) is 0. The number of phenolic OH excluding ortho intramolecular Hbond substituents is 1. The predicted octanol–water partition coefficient (Wildman–Crippen LogP) is 5.35. The zero-order valence-electron chi connectivity index (χ0n) is 23.6. The van der Waals surface area contributed by atoms with Crippen molar-refractivity contribution < 1.29 is 24.5 Å². The Labute approximate surface area is 256 Å². The van der Waals surface area contributed by atoms with Crippen molar-refractivity contribution in [1.82, 2.24) is 0 Å². The number of hydrogen-bond donors (Lipinski definition) is 2. The normalized spacial score (nSPS) is 11.1. The number of phenols is 1. The Morgan fingerprint density at radius 1 is 0.477 bits per heavy atom. The first-order valence-electron chi connectivity index (χ1n) is 14.1. The maximum absolute atomic E-state index is 13.2. The van der Waals surface area contributed by atoms with Gasteiger partial charge in [-0.2, -0.15) is 0 Å². The van der Waals surface area contributed by atoms with Crippen LogP contribution < -0.4 is 25.5 Å². The summed E-state index contributed by atoms with van der Waals surface area (Å²) in [6.07, 6.45) is 0. The lowest BCUT2D eigenvalue weighted by Gasteiger charge is -2.34. The van der Waals surface area contributed by atoms with Crippen LogP contribution in [-0.2, 0) is 0 Å². The molecule has 0 aliphatic rings. The van der Waals surface area contributed by atoms with Crippen LogP contribution in [0.15, 0.2) is 158 Å². The van der Waals surface area contributed by atoms with Crippen LogP contribution in [-0.4, -0.2) is 30.2 Å². The van der Waals surface area contributed by atoms with Crippen molar-refractivity contribution in [2.45, 2.75) is 0 Å². The highest BCUT2D eigenvalue weighted by atomic mass is 28.3. The van der Waals surface area contributed by atoms with Gasteiger partial charge in [0.05, 0.1) is 11.1 Å². The van der Waals surface area contributed by atoms with E-state index in [1.807, 2.05) is 84.9 Å². The highest BCUT2D eigenvalue weighted by Crippen LogP contribution is 2.24. The third kappa shape index (κ3) is 5.54. The second-order valence-electron chi connectivity index (χ2n) is 10.4. The molecule has 6 rings (SSSR count). The Morgan fingerprint density at radius 2 is 0.886 bits per heavy atom. The molecule has 0 saturated heterocycles. The molecule has 0 aromatic heterocycles. The summed E-state index contributed by atoms with van der Waals surface area (Å²) in [7, 11) is -2.89. The van der Waals surface area contributed by atoms with Crippen molar-refractivity contribution in [2.24, 2.45) is 0 Å². The van der Waals surface area contributed by atoms with E-state index in [9.17, 15) is 19.8 Å². The number of benzene rings is 6. The fourth-order valence-electron chi connectivity index (χ4n) is 5.63. The van der Waals surface area contributed by atoms with Gasteiger partial charge in [0.25, 0.3) is 0 Å². The van der Waals surface area contributed by atoms with Crippen LogP contribution in [0.4, 0.5) is 0 Å². The summed E-state index contributed by atoms with van der Waals surface area (Å²) in [5, 5.41) is 23.5. The molecule has 6 aromatic carbocycles. The van der Waals surface area contributed by atoms with E-state index in [2.05, 4.69) is 24.3 Å². The molecule has 0 radical (unpaired) electrons. The van der Waals surface area contributed by atoms with Gasteiger partial charge in [-0.3, -0.25) is 0 Å². The molecule has 0 fully saturated rings. The van der Waals surface area contributed by atoms with Crippen molar-refractivity contribution in [2.75, 3.05) is 0 Å². The SMILES string of the molecule is O=C(O)c1ccc([Si](c2ccccc2)(c2ccccc2)c2ccc(C(=O)Oc3ccc(-c4ccc(O)cc4)cc3)cc2)cc1. The van der Waals surface area contributed by atoms with Crippen molar-refractivity contribution in [3.63, 3.8) is 0 Å². The Hall–Kier alpha value is -5.72. The van der Waals surface area contributed by atoms with Gasteiger partial charge in [0.1, 0.15) is 11.5 Å². The fraction of sp³-hybridized carbons (Fsp3) is 0. The number of ether oxygens (including phenoxy) is 1. The number of hydrogen-bond acceptors (Lipinski definition) is 4. The van der Waals surface area contributed by atoms with Crippen LogP contribution in [0.25, 0.3) is 11.1 Å². The van der Waals surface area contributed by atoms with E-state index >= 15 is 0 Å². The van der Waals surface area contributed by atoms with Crippen molar-refractivity contribution in [3.05, 3.63) is 169 Å². The average molecular weight is 593 g/mol. The average Bonchev–Trinajstić information content (AvgIpc) is 3.07. The highest BCUT2D eigenvalue weighted by molar-refractivity contribution is 7.19. The van der Waals surface area contributed by atoms with E-state index in [0.717, 1.165) is 31.9 Å². The largest absolute Gasteiger partial charge is 0.508 e. The number of carboxylic acid groups (broad SMARTS) is 1. The molecule has 5 nitrogen and oxygen atoms in total. The molecule has 0 spiro atoms. The molecule has 0 unspecified atom stereocenters. The van der Waals surface area contributed by atoms with Gasteiger partial charge >= 0.3 is 11.9 Å². The van der Waals surface area contributed by atoms with E-state index < -0.39 is 20.0 Å². The Morgan fingerprint density at radius 3 is 1.34 bits per heavy atom. The summed E-state index contributed by atoms with van der Waals surface area (Å²) in [5.41, 5.74) is 2.53. The second-order valence-corrected chi connectivity index (χ2v) is 14.2. The predicted molar refractivity (Wildman–Crippen MR) is 176 cm³/mol. The van der Waals surface area contributed by atoms with Gasteiger partial charge in [-0.25, -0.2) is 9.59 Å². The number of carboxylic acids is 1. The third-order valence-electron chi connectivity index (χ3n) is 7.80. The molecule has 0 bridgehead atoms. The molecule has 0 atom stereocenters. The lowest BCUT2D eigenvalue weighted by molar-refractivity contribution is 0.0694. The van der Waals surface area contributed by atoms with Gasteiger partial charge in [-0.1, -0.05) is 109 Å². The molecule has 44 heavy (non-hydrogen) atoms. The summed E-state index contributed by atoms with van der Waals surface area (Å²) >= 11 is 0. The number of rotatable bonds is 8. The number of carbonyl (C=O) groups excluding carboxylic acids is 1. The second kappa shape index (κ2) is 12.3. The van der Waals surface area contributed by atoms with Crippen molar-refractivity contribution >= 4 is 40.8 Å². The Kier molecular flexibility index (Phi) is 7.91. The quantitative estimate of drug-likeness (QED) is 0.108. The highest BCUT2D eigenvalue weighted by Gasteiger charge is 2.41. The first kappa shape index (κ1) is 28.4. The smallest absolute Gasteiger partial charge is 0.343 e. The summed E-state index contributed by atoms with van der Waals surface area (Å²) in [6, 6.07) is 49.4. The monoisotopic (exact) mass is 592 g/mol. The lowest BCUT2D eigenvalue weighted by Crippen LogP contribution is -2.74. The summed E-state index contributed by atoms with van der Waals surface area (Å²) < 4.78 is 5.70. The van der Waals surface area contributed by atoms with Gasteiger partial charge in [0, 0.05) is 0 Å². The van der Waals surface area contributed by atoms with Gasteiger partial charge < -0.3 is 14.9 Å². The lowest BCUT2D eigenvalue weighted by atomic mass is 10.1. The molecule has 2 N–H and O–H groups in total. The number of esters is 1. The molecule has 6 aromatic rings. The zero-order valence-corrected chi connectivity index (χ0v) is 24.6. The number of aromatic carboxylic acids is 1. The summed E-state index contributed by atoms with van der Waals surface area (Å²) in [4.78, 5) is 24.8. The first-order valence-corrected chi connectivity index (χ1v) is 16.1. The van der Waals surface area contributed by atoms with Gasteiger partial charge in [0.2, 0.25) is 0 Å². The maximum atomic E-state index is 13.2.